The van der Waals surface area contributed by atoms with E-state index in [-0.39, 0.29) is 11.9 Å². The number of nitrogens with zero attached hydrogens (tertiary/aromatic N) is 1. The number of carbonyl (C=O) groups is 2. The molecule has 0 saturated carbocycles. The van der Waals surface area contributed by atoms with Gasteiger partial charge >= 0.3 is 5.97 Å². The zero-order valence-corrected chi connectivity index (χ0v) is 13.1. The van der Waals surface area contributed by atoms with Crippen LogP contribution >= 0.6 is 23.5 Å². The summed E-state index contributed by atoms with van der Waals surface area (Å²) in [4.78, 5) is 25.8. The molecule has 19 heavy (non-hydrogen) atoms. The highest BCUT2D eigenvalue weighted by Gasteiger charge is 2.35. The number of amides is 1. The number of nitrogens with two attached hydrogens (primary N) is 1. The molecule has 0 aromatic carbocycles. The van der Waals surface area contributed by atoms with Gasteiger partial charge < -0.3 is 15.4 Å². The molecule has 0 radical (unpaired) electrons. The highest BCUT2D eigenvalue weighted by molar-refractivity contribution is 7.99. The Bertz CT molecular complexity index is 315. The molecule has 2 atom stereocenters. The molecule has 0 aromatic rings. The molecule has 110 valence electrons. The first-order valence-corrected chi connectivity index (χ1v) is 8.96. The zero-order chi connectivity index (χ0) is 14.3. The van der Waals surface area contributed by atoms with Gasteiger partial charge in [-0.1, -0.05) is 0 Å². The van der Waals surface area contributed by atoms with Crippen molar-refractivity contribution in [1.29, 1.82) is 0 Å². The van der Waals surface area contributed by atoms with Crippen molar-refractivity contribution in [2.45, 2.75) is 25.4 Å². The summed E-state index contributed by atoms with van der Waals surface area (Å²) in [5, 5.41) is 0. The lowest BCUT2D eigenvalue weighted by molar-refractivity contribution is -0.154. The fraction of sp³-hybridized carbons (Fsp3) is 0.833. The molecule has 1 rings (SSSR count). The number of hydrogen-bond acceptors (Lipinski definition) is 6. The summed E-state index contributed by atoms with van der Waals surface area (Å²) < 4.78 is 5.03. The Kier molecular flexibility index (Phi) is 7.63. The van der Waals surface area contributed by atoms with Crippen LogP contribution in [0.1, 0.15) is 13.3 Å². The monoisotopic (exact) mass is 306 g/mol. The molecule has 0 aliphatic carbocycles. The minimum absolute atomic E-state index is 0.132. The van der Waals surface area contributed by atoms with E-state index in [9.17, 15) is 9.59 Å². The molecule has 1 unspecified atom stereocenters. The van der Waals surface area contributed by atoms with Gasteiger partial charge in [0.2, 0.25) is 5.91 Å². The largest absolute Gasteiger partial charge is 0.464 e. The van der Waals surface area contributed by atoms with Gasteiger partial charge in [0, 0.05) is 18.1 Å². The third kappa shape index (κ3) is 4.89. The Morgan fingerprint density at radius 3 is 2.95 bits per heavy atom. The fourth-order valence-corrected chi connectivity index (χ4v) is 3.40. The van der Waals surface area contributed by atoms with Crippen molar-refractivity contribution in [3.8, 4) is 0 Å². The average Bonchev–Trinajstić information content (AvgIpc) is 2.44. The Balaban J connectivity index is 2.65. The molecular weight excluding hydrogens is 284 g/mol. The maximum atomic E-state index is 12.3. The Hall–Kier alpha value is -0.400. The normalized spacial score (nSPS) is 21.0. The van der Waals surface area contributed by atoms with E-state index in [1.165, 1.54) is 0 Å². The maximum absolute atomic E-state index is 12.3. The third-order valence-corrected chi connectivity index (χ3v) is 4.59. The summed E-state index contributed by atoms with van der Waals surface area (Å²) in [6, 6.07) is -1.00. The minimum atomic E-state index is -0.521. The van der Waals surface area contributed by atoms with Gasteiger partial charge in [0.25, 0.3) is 0 Å². The molecule has 5 nitrogen and oxygen atoms in total. The zero-order valence-electron chi connectivity index (χ0n) is 11.5. The third-order valence-electron chi connectivity index (χ3n) is 2.92. The van der Waals surface area contributed by atoms with Gasteiger partial charge in [-0.05, 0) is 25.4 Å². The van der Waals surface area contributed by atoms with E-state index in [0.29, 0.717) is 25.3 Å². The van der Waals surface area contributed by atoms with Gasteiger partial charge in [0.1, 0.15) is 6.04 Å². The number of thioether (sulfide) groups is 2. The van der Waals surface area contributed by atoms with Gasteiger partial charge in [-0.15, -0.1) is 0 Å². The molecule has 1 aliphatic rings. The number of ether oxygens (including phenoxy) is 1. The summed E-state index contributed by atoms with van der Waals surface area (Å²) in [5.41, 5.74) is 5.91. The van der Waals surface area contributed by atoms with E-state index in [0.717, 1.165) is 11.5 Å². The van der Waals surface area contributed by atoms with Gasteiger partial charge in [-0.3, -0.25) is 4.79 Å². The van der Waals surface area contributed by atoms with Crippen molar-refractivity contribution in [1.82, 2.24) is 4.90 Å². The summed E-state index contributed by atoms with van der Waals surface area (Å²) in [6.45, 7) is 2.67. The predicted molar refractivity (Wildman–Crippen MR) is 80.4 cm³/mol. The van der Waals surface area contributed by atoms with Crippen LogP contribution in [0.4, 0.5) is 0 Å². The van der Waals surface area contributed by atoms with Crippen molar-refractivity contribution >= 4 is 35.4 Å². The first kappa shape index (κ1) is 16.7. The van der Waals surface area contributed by atoms with E-state index in [1.54, 1.807) is 35.3 Å². The summed E-state index contributed by atoms with van der Waals surface area (Å²) in [5.74, 6) is 1.84. The van der Waals surface area contributed by atoms with Gasteiger partial charge in [0.15, 0.2) is 0 Å². The van der Waals surface area contributed by atoms with Gasteiger partial charge in [-0.25, -0.2) is 4.79 Å². The van der Waals surface area contributed by atoms with Gasteiger partial charge in [-0.2, -0.15) is 23.5 Å². The Morgan fingerprint density at radius 1 is 1.58 bits per heavy atom. The van der Waals surface area contributed by atoms with Crippen LogP contribution in [0.5, 0.6) is 0 Å². The second-order valence-electron chi connectivity index (χ2n) is 4.26. The molecule has 0 aromatic heterocycles. The van der Waals surface area contributed by atoms with E-state index in [2.05, 4.69) is 0 Å². The minimum Gasteiger partial charge on any atom is -0.464 e. The lowest BCUT2D eigenvalue weighted by Gasteiger charge is -2.35. The van der Waals surface area contributed by atoms with E-state index in [4.69, 9.17) is 10.5 Å². The smallest absolute Gasteiger partial charge is 0.329 e. The second kappa shape index (κ2) is 8.71. The number of hydrogen-bond donors (Lipinski definition) is 1. The Labute approximate surface area is 123 Å². The molecule has 1 aliphatic heterocycles. The van der Waals surface area contributed by atoms with Crippen molar-refractivity contribution < 1.29 is 14.3 Å². The van der Waals surface area contributed by atoms with E-state index < -0.39 is 12.1 Å². The van der Waals surface area contributed by atoms with E-state index in [1.807, 2.05) is 6.26 Å². The standard InChI is InChI=1S/C12H22N2O3S2/c1-3-17-12(16)10-8-19-7-5-14(10)11(15)9(13)4-6-18-2/h9-10H,3-8,13H2,1-2H3/t9-,10?/m0/s1. The summed E-state index contributed by atoms with van der Waals surface area (Å²) in [6.07, 6.45) is 2.62. The van der Waals surface area contributed by atoms with Crippen LogP contribution < -0.4 is 5.73 Å². The molecule has 0 spiro atoms. The van der Waals surface area contributed by atoms with Crippen molar-refractivity contribution in [3.05, 3.63) is 0 Å². The SMILES string of the molecule is CCOC(=O)C1CSCCN1C(=O)[C@@H](N)CCSC. The van der Waals surface area contributed by atoms with Crippen LogP contribution in [-0.4, -0.2) is 65.5 Å². The van der Waals surface area contributed by atoms with Crippen LogP contribution in [0.2, 0.25) is 0 Å². The molecular formula is C12H22N2O3S2. The fourth-order valence-electron chi connectivity index (χ4n) is 1.88. The molecule has 1 saturated heterocycles. The van der Waals surface area contributed by atoms with Crippen LogP contribution in [0, 0.1) is 0 Å². The van der Waals surface area contributed by atoms with Crippen LogP contribution in [0.25, 0.3) is 0 Å². The molecule has 1 heterocycles. The maximum Gasteiger partial charge on any atom is 0.329 e. The van der Waals surface area contributed by atoms with Gasteiger partial charge in [0.05, 0.1) is 12.6 Å². The molecule has 1 fully saturated rings. The highest BCUT2D eigenvalue weighted by atomic mass is 32.2. The summed E-state index contributed by atoms with van der Waals surface area (Å²) >= 11 is 3.33. The number of rotatable bonds is 6. The molecule has 1 amide bonds. The van der Waals surface area contributed by atoms with Crippen molar-refractivity contribution in [3.63, 3.8) is 0 Å². The van der Waals surface area contributed by atoms with Crippen LogP contribution in [0.15, 0.2) is 0 Å². The predicted octanol–water partition coefficient (Wildman–Crippen LogP) is 0.574. The molecule has 2 N–H and O–H groups in total. The van der Waals surface area contributed by atoms with Crippen LogP contribution in [-0.2, 0) is 14.3 Å². The van der Waals surface area contributed by atoms with Crippen LogP contribution in [0.3, 0.4) is 0 Å². The number of carbonyl (C=O) groups excluding carboxylic acids is 2. The lowest BCUT2D eigenvalue weighted by atomic mass is 10.1. The first-order chi connectivity index (χ1) is 9.11. The molecule has 7 heteroatoms. The average molecular weight is 306 g/mol. The number of esters is 1. The highest BCUT2D eigenvalue weighted by Crippen LogP contribution is 2.19. The van der Waals surface area contributed by atoms with E-state index >= 15 is 0 Å². The first-order valence-electron chi connectivity index (χ1n) is 6.41. The second-order valence-corrected chi connectivity index (χ2v) is 6.40. The lowest BCUT2D eigenvalue weighted by Crippen LogP contribution is -2.55. The summed E-state index contributed by atoms with van der Waals surface area (Å²) in [7, 11) is 0. The Morgan fingerprint density at radius 2 is 2.32 bits per heavy atom. The quantitative estimate of drug-likeness (QED) is 0.724. The van der Waals surface area contributed by atoms with Crippen molar-refractivity contribution in [2.24, 2.45) is 5.73 Å². The topological polar surface area (TPSA) is 72.6 Å². The van der Waals surface area contributed by atoms with Crippen molar-refractivity contribution in [2.75, 3.05) is 36.7 Å². The molecule has 0 bridgehead atoms.